The summed E-state index contributed by atoms with van der Waals surface area (Å²) in [6.45, 7) is 9.37. The zero-order valence-corrected chi connectivity index (χ0v) is 17.5. The Bertz CT molecular complexity index is 711. The Labute approximate surface area is 168 Å². The van der Waals surface area contributed by atoms with E-state index in [2.05, 4.69) is 26.0 Å². The molecule has 2 fully saturated rings. The Balaban J connectivity index is 1.49. The number of allylic oxidation sites excluding steroid dienone is 3. The topological polar surface area (TPSA) is 57.0 Å². The molecule has 154 valence electrons. The maximum atomic E-state index is 12.8. The van der Waals surface area contributed by atoms with Crippen molar-refractivity contribution in [2.75, 3.05) is 26.2 Å². The van der Waals surface area contributed by atoms with Crippen LogP contribution in [-0.4, -0.2) is 44.3 Å². The lowest BCUT2D eigenvalue weighted by atomic mass is 9.62. The summed E-state index contributed by atoms with van der Waals surface area (Å²) in [6, 6.07) is 0. The highest BCUT2D eigenvalue weighted by atomic mass is 16.6. The first-order chi connectivity index (χ1) is 13.4. The first-order valence-corrected chi connectivity index (χ1v) is 11.0. The fourth-order valence-corrected chi connectivity index (χ4v) is 5.97. The molecule has 28 heavy (non-hydrogen) atoms. The Morgan fingerprint density at radius 2 is 2.25 bits per heavy atom. The number of carbonyl (C=O) groups excluding carboxylic acids is 2. The largest absolute Gasteiger partial charge is 0.466 e. The van der Waals surface area contributed by atoms with Gasteiger partial charge in [-0.1, -0.05) is 24.6 Å². The van der Waals surface area contributed by atoms with Gasteiger partial charge in [0.25, 0.3) is 0 Å². The van der Waals surface area contributed by atoms with Crippen LogP contribution in [0.5, 0.6) is 0 Å². The smallest absolute Gasteiger partial charge is 0.315 e. The summed E-state index contributed by atoms with van der Waals surface area (Å²) in [5.74, 6) is -0.0692. The quantitative estimate of drug-likeness (QED) is 0.749. The summed E-state index contributed by atoms with van der Waals surface area (Å²) in [4.78, 5) is 26.3. The molecule has 4 rings (SSSR count). The number of hydrogen-bond donors (Lipinski definition) is 1. The van der Waals surface area contributed by atoms with Gasteiger partial charge in [0.15, 0.2) is 0 Å². The highest BCUT2D eigenvalue weighted by Gasteiger charge is 2.52. The molecule has 0 radical (unpaired) electrons. The van der Waals surface area contributed by atoms with Crippen molar-refractivity contribution in [2.45, 2.75) is 59.0 Å². The Kier molecular flexibility index (Phi) is 5.38. The van der Waals surface area contributed by atoms with Gasteiger partial charge in [-0.15, -0.1) is 0 Å². The van der Waals surface area contributed by atoms with E-state index in [-0.39, 0.29) is 41.2 Å². The second kappa shape index (κ2) is 7.66. The summed E-state index contributed by atoms with van der Waals surface area (Å²) in [6.07, 6.45) is 9.81. The van der Waals surface area contributed by atoms with E-state index in [0.29, 0.717) is 6.61 Å². The summed E-state index contributed by atoms with van der Waals surface area (Å²) >= 11 is 0. The average molecular weight is 389 g/mol. The van der Waals surface area contributed by atoms with Crippen LogP contribution in [0, 0.1) is 23.2 Å². The minimum absolute atomic E-state index is 0.0159. The molecule has 0 aromatic carbocycles. The molecule has 1 N–H and O–H groups in total. The maximum absolute atomic E-state index is 12.8. The number of hydrogen-bond acceptors (Lipinski definition) is 4. The lowest BCUT2D eigenvalue weighted by Gasteiger charge is -2.43. The van der Waals surface area contributed by atoms with Gasteiger partial charge in [-0.25, -0.2) is 0 Å². The molecule has 0 aromatic rings. The lowest BCUT2D eigenvalue weighted by molar-refractivity contribution is -0.910. The monoisotopic (exact) mass is 388 g/mol. The molecule has 2 aliphatic heterocycles. The average Bonchev–Trinajstić information content (AvgIpc) is 2.94. The Morgan fingerprint density at radius 3 is 3.04 bits per heavy atom. The van der Waals surface area contributed by atoms with Crippen molar-refractivity contribution in [2.24, 2.45) is 23.2 Å². The number of ether oxygens (including phenoxy) is 2. The number of quaternary nitrogens is 1. The molecule has 2 saturated heterocycles. The number of piperidine rings is 1. The Hall–Kier alpha value is -1.62. The molecule has 0 amide bonds. The summed E-state index contributed by atoms with van der Waals surface area (Å²) < 4.78 is 11.1. The number of carbonyl (C=O) groups is 2. The maximum Gasteiger partial charge on any atom is 0.315 e. The third kappa shape index (κ3) is 3.54. The summed E-state index contributed by atoms with van der Waals surface area (Å²) in [7, 11) is 0. The van der Waals surface area contributed by atoms with E-state index in [1.807, 2.05) is 6.92 Å². The van der Waals surface area contributed by atoms with Crippen molar-refractivity contribution in [3.63, 3.8) is 0 Å². The van der Waals surface area contributed by atoms with Crippen molar-refractivity contribution in [1.29, 1.82) is 0 Å². The van der Waals surface area contributed by atoms with Gasteiger partial charge in [0.05, 0.1) is 26.2 Å². The van der Waals surface area contributed by atoms with Gasteiger partial charge >= 0.3 is 11.9 Å². The molecule has 5 heteroatoms. The highest BCUT2D eigenvalue weighted by molar-refractivity contribution is 5.76. The normalized spacial score (nSPS) is 40.0. The van der Waals surface area contributed by atoms with E-state index >= 15 is 0 Å². The predicted molar refractivity (Wildman–Crippen MR) is 106 cm³/mol. The third-order valence-corrected chi connectivity index (χ3v) is 7.44. The van der Waals surface area contributed by atoms with Crippen LogP contribution >= 0.6 is 0 Å². The lowest BCUT2D eigenvalue weighted by Crippen LogP contribution is -3.14. The van der Waals surface area contributed by atoms with E-state index in [4.69, 9.17) is 9.47 Å². The molecule has 6 atom stereocenters. The summed E-state index contributed by atoms with van der Waals surface area (Å²) in [5.41, 5.74) is 2.95. The first kappa shape index (κ1) is 19.7. The van der Waals surface area contributed by atoms with Crippen molar-refractivity contribution in [3.8, 4) is 0 Å². The predicted octanol–water partition coefficient (Wildman–Crippen LogP) is 2.08. The van der Waals surface area contributed by atoms with E-state index in [1.165, 1.54) is 16.0 Å². The second-order valence-corrected chi connectivity index (χ2v) is 9.43. The van der Waals surface area contributed by atoms with Gasteiger partial charge in [0.1, 0.15) is 17.9 Å². The van der Waals surface area contributed by atoms with Crippen LogP contribution in [0.3, 0.4) is 0 Å². The molecule has 5 nitrogen and oxygen atoms in total. The van der Waals surface area contributed by atoms with Crippen molar-refractivity contribution < 1.29 is 24.0 Å². The van der Waals surface area contributed by atoms with E-state index < -0.39 is 0 Å². The van der Waals surface area contributed by atoms with Crippen LogP contribution in [0.15, 0.2) is 23.3 Å². The van der Waals surface area contributed by atoms with Gasteiger partial charge in [-0.3, -0.25) is 9.59 Å². The minimum atomic E-state index is -0.0901. The van der Waals surface area contributed by atoms with Crippen LogP contribution in [0.1, 0.15) is 52.9 Å². The van der Waals surface area contributed by atoms with Gasteiger partial charge in [-0.05, 0) is 56.9 Å². The molecule has 0 saturated carbocycles. The molecular formula is C23H34NO4+. The number of nitrogens with one attached hydrogen (secondary N) is 1. The number of esters is 2. The van der Waals surface area contributed by atoms with Crippen molar-refractivity contribution in [1.82, 2.24) is 0 Å². The number of fused-ring (bicyclic) bond motifs is 2. The number of rotatable bonds is 4. The van der Waals surface area contributed by atoms with Crippen LogP contribution in [0.25, 0.3) is 0 Å². The van der Waals surface area contributed by atoms with Gasteiger partial charge < -0.3 is 14.4 Å². The molecule has 2 aliphatic carbocycles. The highest BCUT2D eigenvalue weighted by Crippen LogP contribution is 2.52. The molecule has 2 heterocycles. The molecule has 0 bridgehead atoms. The summed E-state index contributed by atoms with van der Waals surface area (Å²) in [5, 5.41) is 0. The first-order valence-electron chi connectivity index (χ1n) is 11.0. The molecule has 0 aromatic heterocycles. The van der Waals surface area contributed by atoms with Gasteiger partial charge in [0, 0.05) is 5.92 Å². The minimum Gasteiger partial charge on any atom is -0.466 e. The second-order valence-electron chi connectivity index (χ2n) is 9.43. The van der Waals surface area contributed by atoms with Crippen LogP contribution in [-0.2, 0) is 19.1 Å². The van der Waals surface area contributed by atoms with Crippen LogP contribution in [0.2, 0.25) is 0 Å². The molecule has 0 spiro atoms. The third-order valence-electron chi connectivity index (χ3n) is 7.44. The van der Waals surface area contributed by atoms with Crippen LogP contribution < -0.4 is 4.90 Å². The SMILES string of the molecule is CCOC(=O)[C@@H]1CCC[NH+](C[C@H]2C(=O)O[C@@H]3C[C@@]4(C)CCC=C(C)C4=C[C@@H]32)C1. The van der Waals surface area contributed by atoms with Crippen molar-refractivity contribution in [3.05, 3.63) is 23.3 Å². The van der Waals surface area contributed by atoms with Crippen LogP contribution in [0.4, 0.5) is 0 Å². The molecule has 4 aliphatic rings. The molecule has 1 unspecified atom stereocenters. The Morgan fingerprint density at radius 1 is 1.43 bits per heavy atom. The van der Waals surface area contributed by atoms with E-state index in [1.54, 1.807) is 0 Å². The zero-order chi connectivity index (χ0) is 19.9. The zero-order valence-electron chi connectivity index (χ0n) is 17.5. The fourth-order valence-electron chi connectivity index (χ4n) is 5.97. The van der Waals surface area contributed by atoms with Gasteiger partial charge in [-0.2, -0.15) is 0 Å². The van der Waals surface area contributed by atoms with Crippen molar-refractivity contribution >= 4 is 11.9 Å². The van der Waals surface area contributed by atoms with Gasteiger partial charge in [0.2, 0.25) is 0 Å². The van der Waals surface area contributed by atoms with E-state index in [9.17, 15) is 9.59 Å². The fraction of sp³-hybridized carbons (Fsp3) is 0.739. The molecular weight excluding hydrogens is 354 g/mol. The number of likely N-dealkylation sites (tertiary alicyclic amines) is 1. The standard InChI is InChI=1S/C23H33NO4/c1-4-27-21(25)16-8-6-10-24(13-16)14-18-17-11-19-15(2)7-5-9-23(19,3)12-20(17)28-22(18)26/h7,11,16-18,20H,4-6,8-10,12-14H2,1-3H3/p+1/t16-,17-,18-,20-,23-/m1/s1. The van der Waals surface area contributed by atoms with E-state index in [0.717, 1.165) is 51.7 Å².